The Morgan fingerprint density at radius 1 is 1.38 bits per heavy atom. The van der Waals surface area contributed by atoms with E-state index in [1.54, 1.807) is 6.07 Å². The number of aliphatic carboxylic acids is 1. The molecule has 1 heterocycles. The molecule has 1 saturated heterocycles. The number of benzene rings is 1. The highest BCUT2D eigenvalue weighted by Crippen LogP contribution is 2.23. The van der Waals surface area contributed by atoms with Crippen LogP contribution in [-0.2, 0) is 15.0 Å². The predicted molar refractivity (Wildman–Crippen MR) is 80.4 cm³/mol. The van der Waals surface area contributed by atoms with E-state index in [-0.39, 0.29) is 6.54 Å². The van der Waals surface area contributed by atoms with Crippen molar-refractivity contribution in [3.05, 3.63) is 29.3 Å². The smallest absolute Gasteiger partial charge is 0.307 e. The van der Waals surface area contributed by atoms with E-state index in [1.165, 1.54) is 4.31 Å². The van der Waals surface area contributed by atoms with Crippen LogP contribution in [0.4, 0.5) is 5.69 Å². The molecule has 1 unspecified atom stereocenters. The number of anilines is 1. The normalized spacial score (nSPS) is 20.2. The quantitative estimate of drug-likeness (QED) is 0.887. The largest absolute Gasteiger partial charge is 0.481 e. The fourth-order valence-corrected chi connectivity index (χ4v) is 3.88. The summed E-state index contributed by atoms with van der Waals surface area (Å²) in [7, 11) is -3.72. The van der Waals surface area contributed by atoms with Crippen molar-refractivity contribution in [2.45, 2.75) is 26.7 Å². The lowest BCUT2D eigenvalue weighted by atomic mass is 10.0. The summed E-state index contributed by atoms with van der Waals surface area (Å²) in [4.78, 5) is 11.0. The van der Waals surface area contributed by atoms with Crippen LogP contribution >= 0.6 is 0 Å². The highest BCUT2D eigenvalue weighted by atomic mass is 32.2. The van der Waals surface area contributed by atoms with Gasteiger partial charge >= 0.3 is 16.2 Å². The molecular formula is C14H20N2O4S. The second kappa shape index (κ2) is 6.03. The van der Waals surface area contributed by atoms with Gasteiger partial charge in [-0.2, -0.15) is 12.7 Å². The zero-order valence-corrected chi connectivity index (χ0v) is 13.0. The maximum atomic E-state index is 12.4. The van der Waals surface area contributed by atoms with Gasteiger partial charge < -0.3 is 5.11 Å². The van der Waals surface area contributed by atoms with Crippen LogP contribution in [0.5, 0.6) is 0 Å². The molecule has 0 amide bonds. The average molecular weight is 312 g/mol. The van der Waals surface area contributed by atoms with Crippen LogP contribution in [-0.4, -0.2) is 36.9 Å². The van der Waals surface area contributed by atoms with Crippen molar-refractivity contribution in [1.82, 2.24) is 4.31 Å². The third-order valence-corrected chi connectivity index (χ3v) is 5.18. The second-order valence-corrected chi connectivity index (χ2v) is 7.13. The van der Waals surface area contributed by atoms with Crippen LogP contribution < -0.4 is 4.72 Å². The van der Waals surface area contributed by atoms with Crippen molar-refractivity contribution in [2.24, 2.45) is 5.92 Å². The molecule has 21 heavy (non-hydrogen) atoms. The minimum Gasteiger partial charge on any atom is -0.481 e. The number of carbonyl (C=O) groups is 1. The molecule has 0 saturated carbocycles. The average Bonchev–Trinajstić information content (AvgIpc) is 2.42. The number of rotatable bonds is 4. The SMILES string of the molecule is Cc1ccc(NS(=O)(=O)N2CCCC(C(=O)O)C2)c(C)c1. The van der Waals surface area contributed by atoms with Gasteiger partial charge in [-0.25, -0.2) is 0 Å². The molecule has 0 aromatic heterocycles. The van der Waals surface area contributed by atoms with Gasteiger partial charge in [0.15, 0.2) is 0 Å². The Morgan fingerprint density at radius 2 is 2.10 bits per heavy atom. The molecule has 1 aliphatic rings. The van der Waals surface area contributed by atoms with Crippen LogP contribution in [0.2, 0.25) is 0 Å². The van der Waals surface area contributed by atoms with Crippen LogP contribution in [0.1, 0.15) is 24.0 Å². The van der Waals surface area contributed by atoms with Crippen LogP contribution in [0.15, 0.2) is 18.2 Å². The molecule has 1 fully saturated rings. The number of carboxylic acids is 1. The van der Waals surface area contributed by atoms with Gasteiger partial charge in [-0.3, -0.25) is 9.52 Å². The fourth-order valence-electron chi connectivity index (χ4n) is 2.49. The first-order valence-corrected chi connectivity index (χ1v) is 8.31. The van der Waals surface area contributed by atoms with Crippen molar-refractivity contribution in [2.75, 3.05) is 17.8 Å². The first-order valence-electron chi connectivity index (χ1n) is 6.87. The second-order valence-electron chi connectivity index (χ2n) is 5.46. The van der Waals surface area contributed by atoms with E-state index in [4.69, 9.17) is 5.11 Å². The molecule has 0 bridgehead atoms. The van der Waals surface area contributed by atoms with Crippen molar-refractivity contribution in [3.63, 3.8) is 0 Å². The number of nitrogens with zero attached hydrogens (tertiary/aromatic N) is 1. The van der Waals surface area contributed by atoms with E-state index in [1.807, 2.05) is 26.0 Å². The van der Waals surface area contributed by atoms with Crippen molar-refractivity contribution in [3.8, 4) is 0 Å². The zero-order chi connectivity index (χ0) is 15.6. The Bertz CT molecular complexity index is 642. The first kappa shape index (κ1) is 15.8. The lowest BCUT2D eigenvalue weighted by molar-refractivity contribution is -0.142. The molecule has 1 aromatic carbocycles. The van der Waals surface area contributed by atoms with Gasteiger partial charge in [-0.15, -0.1) is 0 Å². The highest BCUT2D eigenvalue weighted by molar-refractivity contribution is 7.90. The number of hydrogen-bond acceptors (Lipinski definition) is 3. The molecule has 0 aliphatic carbocycles. The number of hydrogen-bond donors (Lipinski definition) is 2. The van der Waals surface area contributed by atoms with Crippen LogP contribution in [0.3, 0.4) is 0 Å². The molecule has 1 aromatic rings. The van der Waals surface area contributed by atoms with Crippen LogP contribution in [0, 0.1) is 19.8 Å². The molecule has 7 heteroatoms. The molecule has 2 rings (SSSR count). The maximum Gasteiger partial charge on any atom is 0.307 e. The van der Waals surface area contributed by atoms with E-state index < -0.39 is 22.1 Å². The van der Waals surface area contributed by atoms with E-state index in [0.717, 1.165) is 11.1 Å². The predicted octanol–water partition coefficient (Wildman–Crippen LogP) is 1.76. The lowest BCUT2D eigenvalue weighted by Crippen LogP contribution is -2.44. The standard InChI is InChI=1S/C14H20N2O4S/c1-10-5-6-13(11(2)8-10)15-21(19,20)16-7-3-4-12(9-16)14(17)18/h5-6,8,12,15H,3-4,7,9H2,1-2H3,(H,17,18). The van der Waals surface area contributed by atoms with E-state index >= 15 is 0 Å². The van der Waals surface area contributed by atoms with Gasteiger partial charge in [0.2, 0.25) is 0 Å². The summed E-state index contributed by atoms with van der Waals surface area (Å²) in [6.07, 6.45) is 1.08. The molecular weight excluding hydrogens is 292 g/mol. The van der Waals surface area contributed by atoms with Crippen molar-refractivity contribution in [1.29, 1.82) is 0 Å². The lowest BCUT2D eigenvalue weighted by Gasteiger charge is -2.30. The Labute approximate surface area is 125 Å². The monoisotopic (exact) mass is 312 g/mol. The maximum absolute atomic E-state index is 12.4. The van der Waals surface area contributed by atoms with Gasteiger partial charge in [0.05, 0.1) is 11.6 Å². The number of nitrogens with one attached hydrogen (secondary N) is 1. The van der Waals surface area contributed by atoms with Gasteiger partial charge in [-0.1, -0.05) is 17.7 Å². The third kappa shape index (κ3) is 3.74. The Balaban J connectivity index is 2.16. The molecule has 6 nitrogen and oxygen atoms in total. The molecule has 1 atom stereocenters. The van der Waals surface area contributed by atoms with Crippen LogP contribution in [0.25, 0.3) is 0 Å². The molecule has 0 radical (unpaired) electrons. The summed E-state index contributed by atoms with van der Waals surface area (Å²) in [5.41, 5.74) is 2.42. The van der Waals surface area contributed by atoms with E-state index in [9.17, 15) is 13.2 Å². The Kier molecular flexibility index (Phi) is 4.53. The summed E-state index contributed by atoms with van der Waals surface area (Å²) in [6.45, 7) is 4.15. The Hall–Kier alpha value is -1.60. The Morgan fingerprint density at radius 3 is 2.71 bits per heavy atom. The van der Waals surface area contributed by atoms with Crippen molar-refractivity contribution < 1.29 is 18.3 Å². The summed E-state index contributed by atoms with van der Waals surface area (Å²) in [6, 6.07) is 5.45. The topological polar surface area (TPSA) is 86.7 Å². The summed E-state index contributed by atoms with van der Waals surface area (Å²) >= 11 is 0. The van der Waals surface area contributed by atoms with Gasteiger partial charge in [0.25, 0.3) is 0 Å². The fraction of sp³-hybridized carbons (Fsp3) is 0.500. The zero-order valence-electron chi connectivity index (χ0n) is 12.2. The first-order chi connectivity index (χ1) is 9.79. The summed E-state index contributed by atoms with van der Waals surface area (Å²) in [5.74, 6) is -1.57. The molecule has 2 N–H and O–H groups in total. The molecule has 0 spiro atoms. The highest BCUT2D eigenvalue weighted by Gasteiger charge is 2.32. The van der Waals surface area contributed by atoms with Gasteiger partial charge in [0, 0.05) is 13.1 Å². The van der Waals surface area contributed by atoms with E-state index in [0.29, 0.717) is 25.1 Å². The molecule has 1 aliphatic heterocycles. The minimum atomic E-state index is -3.72. The number of piperidine rings is 1. The van der Waals surface area contributed by atoms with E-state index in [2.05, 4.69) is 4.72 Å². The minimum absolute atomic E-state index is 0.0234. The number of aryl methyl sites for hydroxylation is 2. The van der Waals surface area contributed by atoms with Crippen molar-refractivity contribution >= 4 is 21.9 Å². The van der Waals surface area contributed by atoms with Gasteiger partial charge in [-0.05, 0) is 38.3 Å². The summed E-state index contributed by atoms with van der Waals surface area (Å²) in [5, 5.41) is 9.04. The van der Waals surface area contributed by atoms with Gasteiger partial charge in [0.1, 0.15) is 0 Å². The number of carboxylic acid groups (broad SMARTS) is 1. The third-order valence-electron chi connectivity index (χ3n) is 3.69. The molecule has 116 valence electrons. The summed E-state index contributed by atoms with van der Waals surface area (Å²) < 4.78 is 28.5.